The normalized spacial score (nSPS) is 15.8. The number of sulfone groups is 2. The lowest BCUT2D eigenvalue weighted by atomic mass is 10.0. The summed E-state index contributed by atoms with van der Waals surface area (Å²) in [5.74, 6) is -0.927. The van der Waals surface area contributed by atoms with Gasteiger partial charge in [-0.15, -0.1) is 0 Å². The number of rotatable bonds is 17. The highest BCUT2D eigenvalue weighted by Crippen LogP contribution is 2.23. The first-order valence-electron chi connectivity index (χ1n) is 10.8. The molecule has 0 saturated heterocycles. The highest BCUT2D eigenvalue weighted by atomic mass is 32.2. The molecule has 0 aromatic rings. The van der Waals surface area contributed by atoms with Crippen LogP contribution in [0.2, 0.25) is 0 Å². The molecule has 0 aromatic carbocycles. The maximum Gasteiger partial charge on any atom is 0.344 e. The summed E-state index contributed by atoms with van der Waals surface area (Å²) in [5, 5.41) is 6.55. The summed E-state index contributed by atoms with van der Waals surface area (Å²) < 4.78 is 49.0. The van der Waals surface area contributed by atoms with Crippen molar-refractivity contribution in [1.29, 1.82) is 0 Å². The van der Waals surface area contributed by atoms with Crippen molar-refractivity contribution < 1.29 is 31.8 Å². The number of hydrogen-bond donors (Lipinski definition) is 1. The number of carbonyl (C=O) groups excluding carboxylic acids is 1. The molecule has 7 nitrogen and oxygen atoms in total. The fourth-order valence-corrected chi connectivity index (χ4v) is 7.11. The van der Waals surface area contributed by atoms with E-state index in [4.69, 9.17) is 5.26 Å². The van der Waals surface area contributed by atoms with Crippen molar-refractivity contribution in [3.05, 3.63) is 12.2 Å². The Morgan fingerprint density at radius 3 is 1.97 bits per heavy atom. The Morgan fingerprint density at radius 2 is 1.43 bits per heavy atom. The van der Waals surface area contributed by atoms with Crippen LogP contribution in [0.25, 0.3) is 0 Å². The van der Waals surface area contributed by atoms with Crippen molar-refractivity contribution in [2.24, 2.45) is 5.92 Å². The number of unbranched alkanes of at least 4 members (excludes halogenated alkanes) is 6. The van der Waals surface area contributed by atoms with E-state index in [0.29, 0.717) is 19.3 Å². The van der Waals surface area contributed by atoms with Crippen LogP contribution in [0.1, 0.15) is 84.5 Å². The molecule has 9 heteroatoms. The van der Waals surface area contributed by atoms with Crippen LogP contribution in [0.4, 0.5) is 0 Å². The van der Waals surface area contributed by atoms with Gasteiger partial charge in [0.25, 0.3) is 0 Å². The minimum absolute atomic E-state index is 0.212. The standard InChI is InChI=1S/C21H40O7S2/c1-5-6-12-16-19(29(3,24)25)20(30(4,26)27)17-14-11-9-7-8-10-13-15-18(2)21(22)28-23/h11,14,18-20,23H,5-10,12-13,15-17H2,1-4H3/b14-11-. The second-order valence-electron chi connectivity index (χ2n) is 8.24. The van der Waals surface area contributed by atoms with E-state index in [0.717, 1.165) is 57.5 Å². The van der Waals surface area contributed by atoms with Gasteiger partial charge in [-0.1, -0.05) is 64.5 Å². The number of hydrogen-bond acceptors (Lipinski definition) is 7. The molecule has 0 aliphatic heterocycles. The fourth-order valence-electron chi connectivity index (χ4n) is 3.50. The molecule has 0 spiro atoms. The van der Waals surface area contributed by atoms with Crippen molar-refractivity contribution in [3.8, 4) is 0 Å². The third-order valence-electron chi connectivity index (χ3n) is 5.39. The van der Waals surface area contributed by atoms with E-state index in [1.54, 1.807) is 13.0 Å². The van der Waals surface area contributed by atoms with Crippen LogP contribution in [0, 0.1) is 5.92 Å². The molecular weight excluding hydrogens is 428 g/mol. The Morgan fingerprint density at radius 1 is 0.867 bits per heavy atom. The molecule has 0 aromatic heterocycles. The van der Waals surface area contributed by atoms with E-state index in [1.807, 2.05) is 13.0 Å². The van der Waals surface area contributed by atoms with E-state index in [1.165, 1.54) is 0 Å². The Bertz CT molecular complexity index is 712. The highest BCUT2D eigenvalue weighted by molar-refractivity contribution is 7.95. The largest absolute Gasteiger partial charge is 0.344 e. The van der Waals surface area contributed by atoms with Crippen LogP contribution >= 0.6 is 0 Å². The van der Waals surface area contributed by atoms with Gasteiger partial charge in [0.2, 0.25) is 0 Å². The molecule has 1 N–H and O–H groups in total. The van der Waals surface area contributed by atoms with Crippen molar-refractivity contribution in [3.63, 3.8) is 0 Å². The smallest absolute Gasteiger partial charge is 0.301 e. The summed E-state index contributed by atoms with van der Waals surface area (Å²) in [7, 11) is -6.95. The first-order chi connectivity index (χ1) is 13.9. The van der Waals surface area contributed by atoms with E-state index >= 15 is 0 Å². The predicted molar refractivity (Wildman–Crippen MR) is 121 cm³/mol. The molecule has 0 aliphatic rings. The van der Waals surface area contributed by atoms with Gasteiger partial charge in [0.05, 0.1) is 16.4 Å². The summed E-state index contributed by atoms with van der Waals surface area (Å²) in [6.07, 6.45) is 14.3. The Labute approximate surface area is 183 Å². The van der Waals surface area contributed by atoms with Crippen LogP contribution in [-0.2, 0) is 29.4 Å². The average molecular weight is 469 g/mol. The predicted octanol–water partition coefficient (Wildman–Crippen LogP) is 4.33. The highest BCUT2D eigenvalue weighted by Gasteiger charge is 2.35. The second-order valence-corrected chi connectivity index (χ2v) is 12.8. The van der Waals surface area contributed by atoms with Crippen LogP contribution in [0.3, 0.4) is 0 Å². The lowest BCUT2D eigenvalue weighted by Crippen LogP contribution is -2.38. The Hall–Kier alpha value is -0.930. The summed E-state index contributed by atoms with van der Waals surface area (Å²) in [5.41, 5.74) is 0. The van der Waals surface area contributed by atoms with Crippen molar-refractivity contribution in [2.75, 3.05) is 12.5 Å². The molecule has 0 bridgehead atoms. The zero-order valence-corrected chi connectivity index (χ0v) is 20.5. The van der Waals surface area contributed by atoms with Gasteiger partial charge in [0.1, 0.15) is 0 Å². The van der Waals surface area contributed by atoms with Crippen LogP contribution < -0.4 is 0 Å². The topological polar surface area (TPSA) is 115 Å². The zero-order valence-electron chi connectivity index (χ0n) is 18.9. The van der Waals surface area contributed by atoms with E-state index in [9.17, 15) is 21.6 Å². The van der Waals surface area contributed by atoms with Crippen molar-refractivity contribution in [2.45, 2.75) is 95.0 Å². The summed E-state index contributed by atoms with van der Waals surface area (Å²) in [6.45, 7) is 3.74. The van der Waals surface area contributed by atoms with Gasteiger partial charge in [-0.25, -0.2) is 21.6 Å². The van der Waals surface area contributed by atoms with E-state index in [-0.39, 0.29) is 12.3 Å². The molecule has 0 aliphatic carbocycles. The molecule has 0 fully saturated rings. The minimum Gasteiger partial charge on any atom is -0.301 e. The van der Waals surface area contributed by atoms with Crippen LogP contribution in [0.15, 0.2) is 12.2 Å². The quantitative estimate of drug-likeness (QED) is 0.146. The Kier molecular flexibility index (Phi) is 14.5. The molecule has 0 radical (unpaired) electrons. The van der Waals surface area contributed by atoms with Gasteiger partial charge in [-0.05, 0) is 32.1 Å². The summed E-state index contributed by atoms with van der Waals surface area (Å²) >= 11 is 0. The lowest BCUT2D eigenvalue weighted by Gasteiger charge is -2.23. The molecule has 3 atom stereocenters. The van der Waals surface area contributed by atoms with Crippen LogP contribution in [-0.4, -0.2) is 51.1 Å². The minimum atomic E-state index is -3.49. The molecule has 178 valence electrons. The molecular formula is C21H40O7S2. The van der Waals surface area contributed by atoms with Crippen molar-refractivity contribution in [1.82, 2.24) is 0 Å². The SMILES string of the molecule is CCCCCC(C(C/C=C\CCCCCCC(C)C(=O)OO)S(C)(=O)=O)S(C)(=O)=O. The lowest BCUT2D eigenvalue weighted by molar-refractivity contribution is -0.238. The number of carbonyl (C=O) groups is 1. The number of allylic oxidation sites excluding steroid dienone is 2. The molecule has 0 heterocycles. The molecule has 0 saturated carbocycles. The molecule has 30 heavy (non-hydrogen) atoms. The summed E-state index contributed by atoms with van der Waals surface area (Å²) in [4.78, 5) is 14.8. The van der Waals surface area contributed by atoms with Crippen molar-refractivity contribution >= 4 is 25.6 Å². The summed E-state index contributed by atoms with van der Waals surface area (Å²) in [6, 6.07) is 0. The third-order valence-corrected chi connectivity index (χ3v) is 8.85. The van der Waals surface area contributed by atoms with E-state index < -0.39 is 36.1 Å². The van der Waals surface area contributed by atoms with Gasteiger partial charge >= 0.3 is 5.97 Å². The third kappa shape index (κ3) is 12.7. The van der Waals surface area contributed by atoms with Crippen LogP contribution in [0.5, 0.6) is 0 Å². The first kappa shape index (κ1) is 29.1. The van der Waals surface area contributed by atoms with Gasteiger partial charge in [0.15, 0.2) is 19.7 Å². The maximum absolute atomic E-state index is 12.3. The van der Waals surface area contributed by atoms with Gasteiger partial charge in [-0.3, -0.25) is 0 Å². The van der Waals surface area contributed by atoms with Gasteiger partial charge < -0.3 is 4.89 Å². The zero-order chi connectivity index (χ0) is 23.2. The fraction of sp³-hybridized carbons (Fsp3) is 0.857. The monoisotopic (exact) mass is 468 g/mol. The van der Waals surface area contributed by atoms with Gasteiger partial charge in [-0.2, -0.15) is 5.26 Å². The molecule has 3 unspecified atom stereocenters. The average Bonchev–Trinajstić information content (AvgIpc) is 2.65. The van der Waals surface area contributed by atoms with Gasteiger partial charge in [0, 0.05) is 12.5 Å². The molecule has 0 rings (SSSR count). The Balaban J connectivity index is 4.53. The first-order valence-corrected chi connectivity index (χ1v) is 14.7. The van der Waals surface area contributed by atoms with E-state index in [2.05, 4.69) is 4.89 Å². The second kappa shape index (κ2) is 15.0. The maximum atomic E-state index is 12.3. The molecule has 0 amide bonds.